The van der Waals surface area contributed by atoms with Gasteiger partial charge >= 0.3 is 0 Å². The lowest BCUT2D eigenvalue weighted by Crippen LogP contribution is -2.02. The third-order valence-electron chi connectivity index (χ3n) is 2.66. The zero-order valence-corrected chi connectivity index (χ0v) is 10.1. The first kappa shape index (κ1) is 13.3. The van der Waals surface area contributed by atoms with E-state index < -0.39 is 11.6 Å². The van der Waals surface area contributed by atoms with Gasteiger partial charge in [0.25, 0.3) is 0 Å². The van der Waals surface area contributed by atoms with E-state index in [1.54, 1.807) is 0 Å². The number of hydrogen-bond donors (Lipinski definition) is 2. The summed E-state index contributed by atoms with van der Waals surface area (Å²) in [5, 5.41) is 20.3. The van der Waals surface area contributed by atoms with Gasteiger partial charge in [-0.05, 0) is 30.3 Å². The van der Waals surface area contributed by atoms with Gasteiger partial charge in [-0.15, -0.1) is 0 Å². The highest BCUT2D eigenvalue weighted by Gasteiger charge is 2.12. The van der Waals surface area contributed by atoms with Gasteiger partial charge in [-0.2, -0.15) is 10.5 Å². The van der Waals surface area contributed by atoms with Gasteiger partial charge in [-0.1, -0.05) is 0 Å². The SMILES string of the molecule is N#Cc1ccc(Nc2c(N)ccc(F)c2F)cc1C#N. The van der Waals surface area contributed by atoms with Gasteiger partial charge in [-0.3, -0.25) is 0 Å². The third kappa shape index (κ3) is 2.36. The van der Waals surface area contributed by atoms with E-state index in [2.05, 4.69) is 5.32 Å². The van der Waals surface area contributed by atoms with Crippen LogP contribution < -0.4 is 11.1 Å². The molecule has 0 aliphatic carbocycles. The van der Waals surface area contributed by atoms with Crippen molar-refractivity contribution < 1.29 is 8.78 Å². The predicted octanol–water partition coefficient (Wildman–Crippen LogP) is 3.03. The van der Waals surface area contributed by atoms with Gasteiger partial charge in [0.2, 0.25) is 0 Å². The molecule has 0 radical (unpaired) electrons. The Balaban J connectivity index is 2.44. The molecule has 0 aliphatic heterocycles. The lowest BCUT2D eigenvalue weighted by Gasteiger charge is -2.11. The average Bonchev–Trinajstić information content (AvgIpc) is 2.47. The minimum atomic E-state index is -1.10. The number of benzene rings is 2. The summed E-state index contributed by atoms with van der Waals surface area (Å²) >= 11 is 0. The zero-order valence-electron chi connectivity index (χ0n) is 10.1. The molecule has 0 bridgehead atoms. The van der Waals surface area contributed by atoms with E-state index in [1.165, 1.54) is 24.3 Å². The highest BCUT2D eigenvalue weighted by molar-refractivity contribution is 5.74. The minimum Gasteiger partial charge on any atom is -0.397 e. The molecule has 0 unspecified atom stereocenters. The van der Waals surface area contributed by atoms with Gasteiger partial charge in [0.15, 0.2) is 11.6 Å². The maximum Gasteiger partial charge on any atom is 0.184 e. The van der Waals surface area contributed by atoms with Crippen LogP contribution in [0, 0.1) is 34.3 Å². The molecule has 0 fully saturated rings. The van der Waals surface area contributed by atoms with E-state index in [1.807, 2.05) is 12.1 Å². The summed E-state index contributed by atoms with van der Waals surface area (Å²) in [6, 6.07) is 10.1. The normalized spacial score (nSPS) is 9.60. The van der Waals surface area contributed by atoms with Crippen molar-refractivity contribution in [1.82, 2.24) is 0 Å². The van der Waals surface area contributed by atoms with Gasteiger partial charge in [0.05, 0.1) is 16.8 Å². The summed E-state index contributed by atoms with van der Waals surface area (Å²) in [6.45, 7) is 0. The fourth-order valence-electron chi connectivity index (χ4n) is 1.65. The first-order valence-electron chi connectivity index (χ1n) is 5.51. The van der Waals surface area contributed by atoms with Crippen LogP contribution in [-0.4, -0.2) is 0 Å². The second-order valence-corrected chi connectivity index (χ2v) is 3.93. The van der Waals surface area contributed by atoms with Crippen LogP contribution in [0.15, 0.2) is 30.3 Å². The molecule has 98 valence electrons. The largest absolute Gasteiger partial charge is 0.397 e. The molecule has 20 heavy (non-hydrogen) atoms. The van der Waals surface area contributed by atoms with E-state index in [4.69, 9.17) is 16.3 Å². The standard InChI is InChI=1S/C14H8F2N4/c15-11-3-4-12(19)14(13(11)16)20-10-2-1-8(6-17)9(5-10)7-18/h1-5,20H,19H2. The van der Waals surface area contributed by atoms with Crippen LogP contribution >= 0.6 is 0 Å². The molecule has 0 saturated heterocycles. The molecule has 2 rings (SSSR count). The van der Waals surface area contributed by atoms with Crippen LogP contribution in [0.2, 0.25) is 0 Å². The molecule has 0 atom stereocenters. The minimum absolute atomic E-state index is 0.0340. The van der Waals surface area contributed by atoms with Gasteiger partial charge in [0, 0.05) is 5.69 Å². The van der Waals surface area contributed by atoms with Crippen LogP contribution in [0.1, 0.15) is 11.1 Å². The van der Waals surface area contributed by atoms with E-state index in [0.29, 0.717) is 5.69 Å². The molecule has 6 heteroatoms. The van der Waals surface area contributed by atoms with Crippen molar-refractivity contribution in [3.05, 3.63) is 53.1 Å². The molecule has 0 aliphatic rings. The fourth-order valence-corrected chi connectivity index (χ4v) is 1.65. The molecule has 0 amide bonds. The Hall–Kier alpha value is -3.12. The van der Waals surface area contributed by atoms with E-state index in [-0.39, 0.29) is 22.5 Å². The number of halogens is 2. The fraction of sp³-hybridized carbons (Fsp3) is 0. The number of nitrogen functional groups attached to an aromatic ring is 1. The Morgan fingerprint density at radius 1 is 1.00 bits per heavy atom. The number of anilines is 3. The Kier molecular flexibility index (Phi) is 3.49. The highest BCUT2D eigenvalue weighted by Crippen LogP contribution is 2.28. The predicted molar refractivity (Wildman–Crippen MR) is 69.9 cm³/mol. The summed E-state index contributed by atoms with van der Waals surface area (Å²) < 4.78 is 26.8. The van der Waals surface area contributed by atoms with Crippen molar-refractivity contribution in [3.8, 4) is 12.1 Å². The summed E-state index contributed by atoms with van der Waals surface area (Å²) in [6.07, 6.45) is 0. The second kappa shape index (κ2) is 5.25. The Labute approximate surface area is 113 Å². The quantitative estimate of drug-likeness (QED) is 0.821. The number of hydrogen-bond acceptors (Lipinski definition) is 4. The topological polar surface area (TPSA) is 85.6 Å². The molecular weight excluding hydrogens is 262 g/mol. The number of nitrogens with one attached hydrogen (secondary N) is 1. The Bertz CT molecular complexity index is 757. The Morgan fingerprint density at radius 2 is 1.70 bits per heavy atom. The van der Waals surface area contributed by atoms with Gasteiger partial charge in [0.1, 0.15) is 17.8 Å². The zero-order chi connectivity index (χ0) is 14.7. The molecule has 0 aromatic heterocycles. The monoisotopic (exact) mass is 270 g/mol. The molecule has 3 N–H and O–H groups in total. The maximum atomic E-state index is 13.6. The third-order valence-corrected chi connectivity index (χ3v) is 2.66. The maximum absolute atomic E-state index is 13.6. The highest BCUT2D eigenvalue weighted by atomic mass is 19.2. The number of nitrogens with two attached hydrogens (primary N) is 1. The first-order chi connectivity index (χ1) is 9.56. The molecule has 4 nitrogen and oxygen atoms in total. The molecule has 0 saturated carbocycles. The summed E-state index contributed by atoms with van der Waals surface area (Å²) in [7, 11) is 0. The lowest BCUT2D eigenvalue weighted by molar-refractivity contribution is 0.512. The van der Waals surface area contributed by atoms with E-state index in [9.17, 15) is 8.78 Å². The van der Waals surface area contributed by atoms with Crippen LogP contribution in [0.3, 0.4) is 0 Å². The molecular formula is C14H8F2N4. The number of nitriles is 2. The molecule has 0 spiro atoms. The van der Waals surface area contributed by atoms with Crippen LogP contribution in [-0.2, 0) is 0 Å². The number of nitrogens with zero attached hydrogens (tertiary/aromatic N) is 2. The van der Waals surface area contributed by atoms with E-state index in [0.717, 1.165) is 6.07 Å². The van der Waals surface area contributed by atoms with Crippen LogP contribution in [0.25, 0.3) is 0 Å². The van der Waals surface area contributed by atoms with Crippen molar-refractivity contribution in [2.24, 2.45) is 0 Å². The van der Waals surface area contributed by atoms with Gasteiger partial charge in [-0.25, -0.2) is 8.78 Å². The first-order valence-corrected chi connectivity index (χ1v) is 5.51. The molecule has 2 aromatic carbocycles. The van der Waals surface area contributed by atoms with Crippen molar-refractivity contribution in [3.63, 3.8) is 0 Å². The summed E-state index contributed by atoms with van der Waals surface area (Å²) in [4.78, 5) is 0. The lowest BCUT2D eigenvalue weighted by atomic mass is 10.1. The van der Waals surface area contributed by atoms with Crippen molar-refractivity contribution in [1.29, 1.82) is 10.5 Å². The van der Waals surface area contributed by atoms with Crippen LogP contribution in [0.5, 0.6) is 0 Å². The molecule has 0 heterocycles. The van der Waals surface area contributed by atoms with Crippen molar-refractivity contribution in [2.45, 2.75) is 0 Å². The van der Waals surface area contributed by atoms with E-state index >= 15 is 0 Å². The Morgan fingerprint density at radius 3 is 2.35 bits per heavy atom. The second-order valence-electron chi connectivity index (χ2n) is 3.93. The molecule has 2 aromatic rings. The summed E-state index contributed by atoms with van der Waals surface area (Å²) in [5.41, 5.74) is 6.07. The average molecular weight is 270 g/mol. The van der Waals surface area contributed by atoms with Crippen LogP contribution in [0.4, 0.5) is 25.8 Å². The van der Waals surface area contributed by atoms with Gasteiger partial charge < -0.3 is 11.1 Å². The van der Waals surface area contributed by atoms with Crippen molar-refractivity contribution in [2.75, 3.05) is 11.1 Å². The smallest absolute Gasteiger partial charge is 0.184 e. The number of rotatable bonds is 2. The summed E-state index contributed by atoms with van der Waals surface area (Å²) in [5.74, 6) is -2.14. The van der Waals surface area contributed by atoms with Crippen molar-refractivity contribution >= 4 is 17.1 Å².